The summed E-state index contributed by atoms with van der Waals surface area (Å²) in [7, 11) is 1.96. The second-order valence-corrected chi connectivity index (χ2v) is 5.90. The summed E-state index contributed by atoms with van der Waals surface area (Å²) >= 11 is 6.22. The standard InChI is InChI=1S/C14H16ClFN4O2/c1-20-4-2-14(16,3-5-20)12-10(15)6-9(7-17-12)13-18-11(8-21)19-22-13/h6-7,21H,2-5,8H2,1H3. The van der Waals surface area contributed by atoms with Crippen LogP contribution in [0.15, 0.2) is 16.8 Å². The van der Waals surface area contributed by atoms with Gasteiger partial charge in [0.05, 0.1) is 16.3 Å². The predicted octanol–water partition coefficient (Wildman–Crippen LogP) is 2.17. The molecule has 1 aliphatic rings. The van der Waals surface area contributed by atoms with Crippen molar-refractivity contribution < 1.29 is 14.0 Å². The van der Waals surface area contributed by atoms with Crippen LogP contribution in [0.4, 0.5) is 4.39 Å². The van der Waals surface area contributed by atoms with Crippen molar-refractivity contribution in [2.45, 2.75) is 25.1 Å². The summed E-state index contributed by atoms with van der Waals surface area (Å²) in [6.45, 7) is 1.02. The molecule has 0 spiro atoms. The molecule has 22 heavy (non-hydrogen) atoms. The maximum absolute atomic E-state index is 15.1. The summed E-state index contributed by atoms with van der Waals surface area (Å²) in [5.41, 5.74) is -0.752. The zero-order valence-corrected chi connectivity index (χ0v) is 12.8. The first-order valence-electron chi connectivity index (χ1n) is 6.99. The minimum atomic E-state index is -1.51. The number of rotatable bonds is 3. The van der Waals surface area contributed by atoms with Crippen LogP contribution in [0.1, 0.15) is 24.4 Å². The molecule has 1 aliphatic heterocycles. The molecule has 1 N–H and O–H groups in total. The van der Waals surface area contributed by atoms with E-state index in [1.54, 1.807) is 6.07 Å². The van der Waals surface area contributed by atoms with E-state index in [1.807, 2.05) is 7.05 Å². The van der Waals surface area contributed by atoms with E-state index in [-0.39, 0.29) is 29.0 Å². The largest absolute Gasteiger partial charge is 0.388 e. The van der Waals surface area contributed by atoms with E-state index in [2.05, 4.69) is 20.0 Å². The maximum atomic E-state index is 15.1. The van der Waals surface area contributed by atoms with Crippen LogP contribution in [-0.2, 0) is 12.3 Å². The fourth-order valence-corrected chi connectivity index (χ4v) is 2.87. The van der Waals surface area contributed by atoms with Crippen molar-refractivity contribution in [2.75, 3.05) is 20.1 Å². The van der Waals surface area contributed by atoms with Gasteiger partial charge in [-0.3, -0.25) is 4.98 Å². The molecule has 2 aromatic heterocycles. The van der Waals surface area contributed by atoms with Crippen molar-refractivity contribution in [3.63, 3.8) is 0 Å². The van der Waals surface area contributed by atoms with Gasteiger partial charge < -0.3 is 14.5 Å². The van der Waals surface area contributed by atoms with E-state index in [0.29, 0.717) is 31.5 Å². The van der Waals surface area contributed by atoms with Crippen molar-refractivity contribution in [2.24, 2.45) is 0 Å². The lowest BCUT2D eigenvalue weighted by Crippen LogP contribution is -2.38. The Hall–Kier alpha value is -1.57. The highest BCUT2D eigenvalue weighted by Crippen LogP contribution is 2.39. The van der Waals surface area contributed by atoms with Crippen molar-refractivity contribution >= 4 is 11.6 Å². The molecule has 0 unspecified atom stereocenters. The fraction of sp³-hybridized carbons (Fsp3) is 0.500. The predicted molar refractivity (Wildman–Crippen MR) is 78.0 cm³/mol. The molecular weight excluding hydrogens is 311 g/mol. The van der Waals surface area contributed by atoms with Crippen LogP contribution in [0, 0.1) is 0 Å². The zero-order valence-electron chi connectivity index (χ0n) is 12.1. The first-order valence-corrected chi connectivity index (χ1v) is 7.37. The topological polar surface area (TPSA) is 75.3 Å². The Bertz CT molecular complexity index is 671. The number of halogens is 2. The number of aliphatic hydroxyl groups is 1. The van der Waals surface area contributed by atoms with E-state index in [9.17, 15) is 0 Å². The molecule has 1 fully saturated rings. The Morgan fingerprint density at radius 2 is 2.18 bits per heavy atom. The first kappa shape index (κ1) is 15.3. The fourth-order valence-electron chi connectivity index (χ4n) is 2.53. The number of aromatic nitrogens is 3. The van der Waals surface area contributed by atoms with Crippen molar-refractivity contribution in [1.29, 1.82) is 0 Å². The first-order chi connectivity index (χ1) is 10.5. The van der Waals surface area contributed by atoms with Crippen molar-refractivity contribution in [1.82, 2.24) is 20.0 Å². The second-order valence-electron chi connectivity index (χ2n) is 5.50. The summed E-state index contributed by atoms with van der Waals surface area (Å²) in [5.74, 6) is 0.369. The number of aliphatic hydroxyl groups excluding tert-OH is 1. The molecule has 0 amide bonds. The molecule has 0 atom stereocenters. The molecule has 2 aromatic rings. The molecule has 0 bridgehead atoms. The van der Waals surface area contributed by atoms with Gasteiger partial charge in [0.25, 0.3) is 5.89 Å². The lowest BCUT2D eigenvalue weighted by molar-refractivity contribution is 0.0635. The van der Waals surface area contributed by atoms with E-state index >= 15 is 4.39 Å². The molecular formula is C14H16ClFN4O2. The van der Waals surface area contributed by atoms with Gasteiger partial charge in [-0.05, 0) is 26.0 Å². The van der Waals surface area contributed by atoms with Crippen LogP contribution >= 0.6 is 11.6 Å². The number of hydrogen-bond acceptors (Lipinski definition) is 6. The van der Waals surface area contributed by atoms with Crippen molar-refractivity contribution in [3.05, 3.63) is 28.8 Å². The summed E-state index contributed by atoms with van der Waals surface area (Å²) in [6.07, 6.45) is 2.20. The van der Waals surface area contributed by atoms with Gasteiger partial charge in [0.2, 0.25) is 0 Å². The lowest BCUT2D eigenvalue weighted by atomic mass is 9.89. The van der Waals surface area contributed by atoms with Crippen LogP contribution in [0.2, 0.25) is 5.02 Å². The van der Waals surface area contributed by atoms with Gasteiger partial charge in [-0.2, -0.15) is 4.98 Å². The molecule has 6 nitrogen and oxygen atoms in total. The minimum Gasteiger partial charge on any atom is -0.388 e. The summed E-state index contributed by atoms with van der Waals surface area (Å²) < 4.78 is 20.1. The minimum absolute atomic E-state index is 0.174. The van der Waals surface area contributed by atoms with E-state index in [0.717, 1.165) is 0 Å². The monoisotopic (exact) mass is 326 g/mol. The van der Waals surface area contributed by atoms with E-state index in [4.69, 9.17) is 21.2 Å². The van der Waals surface area contributed by atoms with E-state index < -0.39 is 5.67 Å². The van der Waals surface area contributed by atoms with Gasteiger partial charge in [0, 0.05) is 19.3 Å². The Morgan fingerprint density at radius 3 is 2.77 bits per heavy atom. The normalized spacial score (nSPS) is 18.5. The average molecular weight is 327 g/mol. The maximum Gasteiger partial charge on any atom is 0.259 e. The van der Waals surface area contributed by atoms with Gasteiger partial charge in [0.15, 0.2) is 11.5 Å². The number of alkyl halides is 1. The van der Waals surface area contributed by atoms with Gasteiger partial charge in [-0.15, -0.1) is 0 Å². The van der Waals surface area contributed by atoms with Crippen molar-refractivity contribution in [3.8, 4) is 11.5 Å². The van der Waals surface area contributed by atoms with Crippen LogP contribution in [0.3, 0.4) is 0 Å². The molecule has 3 rings (SSSR count). The molecule has 1 saturated heterocycles. The number of likely N-dealkylation sites (tertiary alicyclic amines) is 1. The lowest BCUT2D eigenvalue weighted by Gasteiger charge is -2.34. The SMILES string of the molecule is CN1CCC(F)(c2ncc(-c3nc(CO)no3)cc2Cl)CC1. The quantitative estimate of drug-likeness (QED) is 0.931. The second kappa shape index (κ2) is 5.91. The summed E-state index contributed by atoms with van der Waals surface area (Å²) in [5, 5.41) is 12.8. The number of nitrogens with zero attached hydrogens (tertiary/aromatic N) is 4. The van der Waals surface area contributed by atoms with Gasteiger partial charge in [0.1, 0.15) is 6.61 Å². The Balaban J connectivity index is 1.89. The average Bonchev–Trinajstić information content (AvgIpc) is 2.99. The molecule has 0 aromatic carbocycles. The third kappa shape index (κ3) is 2.84. The van der Waals surface area contributed by atoms with Crippen LogP contribution < -0.4 is 0 Å². The molecule has 0 saturated carbocycles. The number of pyridine rings is 1. The highest BCUT2D eigenvalue weighted by Gasteiger charge is 2.38. The molecule has 0 aliphatic carbocycles. The third-order valence-electron chi connectivity index (χ3n) is 3.90. The summed E-state index contributed by atoms with van der Waals surface area (Å²) in [4.78, 5) is 10.3. The van der Waals surface area contributed by atoms with E-state index in [1.165, 1.54) is 6.20 Å². The Labute approximate surface area is 131 Å². The third-order valence-corrected chi connectivity index (χ3v) is 4.19. The van der Waals surface area contributed by atoms with Gasteiger partial charge >= 0.3 is 0 Å². The molecule has 3 heterocycles. The molecule has 118 valence electrons. The van der Waals surface area contributed by atoms with Gasteiger partial charge in [-0.25, -0.2) is 4.39 Å². The Morgan fingerprint density at radius 1 is 1.45 bits per heavy atom. The number of hydrogen-bond donors (Lipinski definition) is 1. The van der Waals surface area contributed by atoms with Crippen LogP contribution in [-0.4, -0.2) is 45.3 Å². The molecule has 0 radical (unpaired) electrons. The Kier molecular flexibility index (Phi) is 4.12. The summed E-state index contributed by atoms with van der Waals surface area (Å²) in [6, 6.07) is 1.57. The smallest absolute Gasteiger partial charge is 0.259 e. The van der Waals surface area contributed by atoms with Crippen LogP contribution in [0.5, 0.6) is 0 Å². The number of piperidine rings is 1. The van der Waals surface area contributed by atoms with Crippen LogP contribution in [0.25, 0.3) is 11.5 Å². The van der Waals surface area contributed by atoms with Gasteiger partial charge in [-0.1, -0.05) is 16.8 Å². The highest BCUT2D eigenvalue weighted by atomic mass is 35.5. The zero-order chi connectivity index (χ0) is 15.7. The molecule has 8 heteroatoms. The highest BCUT2D eigenvalue weighted by molar-refractivity contribution is 6.31.